The fourth-order valence-corrected chi connectivity index (χ4v) is 3.07. The molecule has 0 heterocycles. The van der Waals surface area contributed by atoms with Gasteiger partial charge in [-0.2, -0.15) is 7.05 Å². The van der Waals surface area contributed by atoms with Crippen molar-refractivity contribution in [3.63, 3.8) is 0 Å². The Hall–Kier alpha value is -0.740. The van der Waals surface area contributed by atoms with Gasteiger partial charge in [-0.05, 0) is 31.1 Å². The van der Waals surface area contributed by atoms with Crippen LogP contribution in [0.1, 0.15) is 69.9 Å². The molecule has 148 valence electrons. The quantitative estimate of drug-likeness (QED) is 0.200. The van der Waals surface area contributed by atoms with Gasteiger partial charge in [0.25, 0.3) is 0 Å². The Bertz CT molecular complexity index is 577. The molecule has 0 bridgehead atoms. The Kier molecular flexibility index (Phi) is 15.1. The summed E-state index contributed by atoms with van der Waals surface area (Å²) in [6.45, 7) is 10.5. The van der Waals surface area contributed by atoms with E-state index in [2.05, 4.69) is 57.3 Å². The number of benzene rings is 1. The molecule has 0 unspecified atom stereocenters. The summed E-state index contributed by atoms with van der Waals surface area (Å²) < 4.78 is 0. The molecule has 4 heteroatoms. The van der Waals surface area contributed by atoms with E-state index in [4.69, 9.17) is 10.3 Å². The third-order valence-electron chi connectivity index (χ3n) is 4.45. The van der Waals surface area contributed by atoms with Crippen LogP contribution in [0, 0.1) is 14.9 Å². The molecule has 0 atom stereocenters. The number of rotatable bonds is 7. The van der Waals surface area contributed by atoms with Crippen LogP contribution >= 0.6 is 0 Å². The van der Waals surface area contributed by atoms with E-state index in [0.29, 0.717) is 11.8 Å². The van der Waals surface area contributed by atoms with Crippen LogP contribution in [-0.4, -0.2) is 25.8 Å². The van der Waals surface area contributed by atoms with Gasteiger partial charge in [0.05, 0.1) is 0 Å². The number of para-hydroxylation sites is 1. The molecule has 3 nitrogen and oxygen atoms in total. The summed E-state index contributed by atoms with van der Waals surface area (Å²) >= 11 is 0. The largest absolute Gasteiger partial charge is 4.00 e. The Morgan fingerprint density at radius 1 is 1.04 bits per heavy atom. The van der Waals surface area contributed by atoms with Crippen molar-refractivity contribution in [2.45, 2.75) is 58.8 Å². The van der Waals surface area contributed by atoms with E-state index in [-0.39, 0.29) is 40.7 Å². The SMILES string of the molecule is C[N-]CCN=C1CCCC=C1[N-]c1c(C(C)C)cccc1C(C)C.[CH3-].[CH3-].[Hf+4]. The van der Waals surface area contributed by atoms with Crippen LogP contribution in [0.4, 0.5) is 5.69 Å². The summed E-state index contributed by atoms with van der Waals surface area (Å²) in [6.07, 6.45) is 5.55. The van der Waals surface area contributed by atoms with Gasteiger partial charge in [-0.15, -0.1) is 17.9 Å². The minimum atomic E-state index is 0. The standard InChI is InChI=1S/C21H31N3.2CH3.Hf/c1-15(2)17-9-8-10-18(16(3)4)21(17)24-20-12-7-6-11-19(20)23-14-13-22-5;;;/h8-10,12,15-16H,6-7,11,13-14H2,1-5H3;2*1H3;/q-2;2*-1;+4. The fourth-order valence-electron chi connectivity index (χ4n) is 3.07. The van der Waals surface area contributed by atoms with E-state index in [9.17, 15) is 0 Å². The molecule has 0 radical (unpaired) electrons. The van der Waals surface area contributed by atoms with Crippen LogP contribution in [0.3, 0.4) is 0 Å². The minimum Gasteiger partial charge on any atom is -0.664 e. The number of hydrogen-bond donors (Lipinski definition) is 0. The molecule has 0 saturated carbocycles. The van der Waals surface area contributed by atoms with Crippen LogP contribution < -0.4 is 0 Å². The van der Waals surface area contributed by atoms with Crippen molar-refractivity contribution in [2.24, 2.45) is 4.99 Å². The maximum Gasteiger partial charge on any atom is 4.00 e. The Balaban J connectivity index is 0. The molecule has 1 aromatic carbocycles. The van der Waals surface area contributed by atoms with Crippen LogP contribution in [-0.2, 0) is 25.8 Å². The first-order chi connectivity index (χ1) is 11.5. The molecule has 0 fully saturated rings. The van der Waals surface area contributed by atoms with Gasteiger partial charge < -0.3 is 25.5 Å². The molecule has 27 heavy (non-hydrogen) atoms. The number of likely N-dealkylation sites (N-methyl/N-ethyl adjacent to an activating group) is 1. The van der Waals surface area contributed by atoms with E-state index in [1.807, 2.05) is 7.05 Å². The summed E-state index contributed by atoms with van der Waals surface area (Å²) in [7, 11) is 1.84. The van der Waals surface area contributed by atoms with E-state index >= 15 is 0 Å². The normalized spacial score (nSPS) is 14.9. The van der Waals surface area contributed by atoms with Crippen molar-refractivity contribution in [3.05, 3.63) is 66.6 Å². The molecule has 0 saturated heterocycles. The number of allylic oxidation sites excluding steroid dienone is 2. The van der Waals surface area contributed by atoms with Gasteiger partial charge in [0.2, 0.25) is 0 Å². The number of aliphatic imine (C=N–C) groups is 1. The van der Waals surface area contributed by atoms with E-state index in [0.717, 1.165) is 43.0 Å². The fraction of sp³-hybridized carbons (Fsp3) is 0.522. The summed E-state index contributed by atoms with van der Waals surface area (Å²) in [5.74, 6) is 0.928. The molecular weight excluding hydrogens is 497 g/mol. The molecule has 0 spiro atoms. The van der Waals surface area contributed by atoms with Gasteiger partial charge in [0, 0.05) is 12.3 Å². The van der Waals surface area contributed by atoms with E-state index in [1.165, 1.54) is 17.5 Å². The van der Waals surface area contributed by atoms with Crippen molar-refractivity contribution in [1.82, 2.24) is 0 Å². The topological polar surface area (TPSA) is 40.6 Å². The van der Waals surface area contributed by atoms with Crippen molar-refractivity contribution in [1.29, 1.82) is 0 Å². The van der Waals surface area contributed by atoms with Gasteiger partial charge in [-0.25, -0.2) is 0 Å². The maximum absolute atomic E-state index is 5.12. The molecule has 1 aliphatic carbocycles. The zero-order chi connectivity index (χ0) is 17.5. The minimum absolute atomic E-state index is 0. The van der Waals surface area contributed by atoms with Crippen molar-refractivity contribution < 1.29 is 25.8 Å². The van der Waals surface area contributed by atoms with E-state index < -0.39 is 0 Å². The smallest absolute Gasteiger partial charge is 0.664 e. The monoisotopic (exact) mass is 535 g/mol. The molecule has 0 amide bonds. The summed E-state index contributed by atoms with van der Waals surface area (Å²) in [5, 5.41) is 9.27. The summed E-state index contributed by atoms with van der Waals surface area (Å²) in [5.41, 5.74) is 6.04. The zero-order valence-electron chi connectivity index (χ0n) is 18.3. The third kappa shape index (κ3) is 8.03. The molecule has 2 rings (SSSR count). The number of hydrogen-bond acceptors (Lipinski definition) is 1. The first-order valence-electron chi connectivity index (χ1n) is 9.18. The average molecular weight is 534 g/mol. The third-order valence-corrected chi connectivity index (χ3v) is 4.45. The summed E-state index contributed by atoms with van der Waals surface area (Å²) in [6, 6.07) is 6.59. The van der Waals surface area contributed by atoms with Crippen LogP contribution in [0.25, 0.3) is 10.6 Å². The van der Waals surface area contributed by atoms with Crippen molar-refractivity contribution in [2.75, 3.05) is 20.1 Å². The van der Waals surface area contributed by atoms with Gasteiger partial charge in [-0.3, -0.25) is 4.99 Å². The van der Waals surface area contributed by atoms with Crippen molar-refractivity contribution >= 4 is 11.4 Å². The Morgan fingerprint density at radius 3 is 2.15 bits per heavy atom. The summed E-state index contributed by atoms with van der Waals surface area (Å²) in [4.78, 5) is 4.76. The Labute approximate surface area is 187 Å². The molecule has 0 N–H and O–H groups in total. The van der Waals surface area contributed by atoms with Crippen molar-refractivity contribution in [3.8, 4) is 0 Å². The zero-order valence-corrected chi connectivity index (χ0v) is 21.9. The predicted octanol–water partition coefficient (Wildman–Crippen LogP) is 7.35. The first kappa shape index (κ1) is 28.5. The van der Waals surface area contributed by atoms with Crippen LogP contribution in [0.5, 0.6) is 0 Å². The molecule has 1 aromatic rings. The molecular formula is C23H37HfN3. The van der Waals surface area contributed by atoms with Crippen LogP contribution in [0.2, 0.25) is 0 Å². The Morgan fingerprint density at radius 2 is 1.63 bits per heavy atom. The van der Waals surface area contributed by atoms with Crippen LogP contribution in [0.15, 0.2) is 35.0 Å². The average Bonchev–Trinajstić information content (AvgIpc) is 2.56. The second-order valence-electron chi connectivity index (χ2n) is 7.06. The van der Waals surface area contributed by atoms with E-state index in [1.54, 1.807) is 0 Å². The molecule has 1 aliphatic rings. The molecule has 0 aliphatic heterocycles. The van der Waals surface area contributed by atoms with Gasteiger partial charge >= 0.3 is 25.8 Å². The maximum atomic E-state index is 5.12. The number of nitrogens with zero attached hydrogens (tertiary/aromatic N) is 3. The second kappa shape index (κ2) is 14.3. The second-order valence-corrected chi connectivity index (χ2v) is 7.06. The first-order valence-corrected chi connectivity index (χ1v) is 9.18. The molecule has 0 aromatic heterocycles. The van der Waals surface area contributed by atoms with Gasteiger partial charge in [-0.1, -0.05) is 63.1 Å². The van der Waals surface area contributed by atoms with Gasteiger partial charge in [0.15, 0.2) is 0 Å². The predicted molar refractivity (Wildman–Crippen MR) is 119 cm³/mol. The van der Waals surface area contributed by atoms with Gasteiger partial charge in [0.1, 0.15) is 0 Å².